The summed E-state index contributed by atoms with van der Waals surface area (Å²) < 4.78 is 10.1. The summed E-state index contributed by atoms with van der Waals surface area (Å²) in [7, 11) is 0. The lowest BCUT2D eigenvalue weighted by molar-refractivity contribution is 0.0953. The van der Waals surface area contributed by atoms with E-state index in [1.54, 1.807) is 11.8 Å². The zero-order chi connectivity index (χ0) is 22.0. The maximum Gasteiger partial charge on any atom is 0.191 e. The van der Waals surface area contributed by atoms with Crippen LogP contribution < -0.4 is 0 Å². The normalized spacial score (nSPS) is 16.1. The van der Waals surface area contributed by atoms with Crippen molar-refractivity contribution in [2.75, 3.05) is 6.61 Å². The van der Waals surface area contributed by atoms with E-state index < -0.39 is 0 Å². The zero-order valence-corrected chi connectivity index (χ0v) is 18.9. The minimum Gasteiger partial charge on any atom is -0.376 e. The van der Waals surface area contributed by atoms with Crippen LogP contribution in [0.3, 0.4) is 0 Å². The Bertz CT molecular complexity index is 1370. The Morgan fingerprint density at radius 2 is 1.94 bits per heavy atom. The number of aromatic amines is 1. The summed E-state index contributed by atoms with van der Waals surface area (Å²) in [5, 5.41) is 15.8. The molecule has 1 aliphatic rings. The van der Waals surface area contributed by atoms with Crippen molar-refractivity contribution in [1.29, 1.82) is 0 Å². The zero-order valence-electron chi connectivity index (χ0n) is 18.1. The van der Waals surface area contributed by atoms with Crippen molar-refractivity contribution < 1.29 is 4.74 Å². The van der Waals surface area contributed by atoms with Gasteiger partial charge in [-0.2, -0.15) is 5.10 Å². The number of aromatic nitrogens is 6. The van der Waals surface area contributed by atoms with Crippen LogP contribution in [0.15, 0.2) is 78.3 Å². The fourth-order valence-corrected chi connectivity index (χ4v) is 5.17. The second-order valence-electron chi connectivity index (χ2n) is 8.22. The molecule has 1 atom stereocenters. The Morgan fingerprint density at radius 1 is 1.06 bits per heavy atom. The summed E-state index contributed by atoms with van der Waals surface area (Å²) in [4.78, 5) is 3.36. The van der Waals surface area contributed by atoms with E-state index in [0.717, 1.165) is 70.4 Å². The van der Waals surface area contributed by atoms with Gasteiger partial charge in [0, 0.05) is 46.8 Å². The number of H-pyrrole nitrogens is 1. The molecule has 8 heteroatoms. The third-order valence-electron chi connectivity index (χ3n) is 5.98. The van der Waals surface area contributed by atoms with Crippen molar-refractivity contribution in [3.05, 3.63) is 78.8 Å². The summed E-state index contributed by atoms with van der Waals surface area (Å²) >= 11 is 1.69. The number of nitrogens with zero attached hydrogens (tertiary/aromatic N) is 5. The standard InChI is InChI=1S/C25H24N6OS/c1-2-7-19(8-3-1)31-15-18(13-27-31)17-33-25-29-28-24(30(25)16-20-9-6-12-32-20)22-14-26-23-11-5-4-10-21(22)23/h1-5,7-8,10-11,13-15,20,26H,6,9,12,16-17H2. The third-order valence-corrected chi connectivity index (χ3v) is 7.02. The molecule has 3 aromatic heterocycles. The molecule has 2 aromatic carbocycles. The molecular weight excluding hydrogens is 432 g/mol. The van der Waals surface area contributed by atoms with Crippen LogP contribution in [0.4, 0.5) is 0 Å². The van der Waals surface area contributed by atoms with Crippen LogP contribution in [0, 0.1) is 0 Å². The van der Waals surface area contributed by atoms with E-state index in [4.69, 9.17) is 4.74 Å². The Hall–Kier alpha value is -3.36. The number of rotatable bonds is 7. The number of nitrogens with one attached hydrogen (secondary N) is 1. The average Bonchev–Trinajstić information content (AvgIpc) is 3.66. The minimum atomic E-state index is 0.199. The Labute approximate surface area is 195 Å². The summed E-state index contributed by atoms with van der Waals surface area (Å²) in [5.41, 5.74) is 4.36. The van der Waals surface area contributed by atoms with Crippen LogP contribution in [-0.2, 0) is 17.0 Å². The first-order valence-electron chi connectivity index (χ1n) is 11.2. The Morgan fingerprint density at radius 3 is 2.82 bits per heavy atom. The number of thioether (sulfide) groups is 1. The summed E-state index contributed by atoms with van der Waals surface area (Å²) in [6, 6.07) is 18.4. The van der Waals surface area contributed by atoms with E-state index in [-0.39, 0.29) is 6.10 Å². The second kappa shape index (κ2) is 8.88. The maximum atomic E-state index is 5.95. The quantitative estimate of drug-likeness (QED) is 0.346. The van der Waals surface area contributed by atoms with Gasteiger partial charge in [-0.3, -0.25) is 4.57 Å². The van der Waals surface area contributed by atoms with Crippen molar-refractivity contribution in [1.82, 2.24) is 29.5 Å². The largest absolute Gasteiger partial charge is 0.376 e. The molecule has 0 radical (unpaired) electrons. The second-order valence-corrected chi connectivity index (χ2v) is 9.16. The van der Waals surface area contributed by atoms with E-state index in [1.807, 2.05) is 41.3 Å². The van der Waals surface area contributed by atoms with Crippen LogP contribution in [0.2, 0.25) is 0 Å². The molecule has 0 spiro atoms. The molecular formula is C25H24N6OS. The van der Waals surface area contributed by atoms with Crippen molar-refractivity contribution in [2.45, 2.75) is 36.4 Å². The topological polar surface area (TPSA) is 73.5 Å². The van der Waals surface area contributed by atoms with Crippen LogP contribution in [0.1, 0.15) is 18.4 Å². The van der Waals surface area contributed by atoms with Crippen LogP contribution in [-0.4, -0.2) is 42.2 Å². The van der Waals surface area contributed by atoms with E-state index in [0.29, 0.717) is 0 Å². The minimum absolute atomic E-state index is 0.199. The van der Waals surface area contributed by atoms with Crippen molar-refractivity contribution in [2.24, 2.45) is 0 Å². The Balaban J connectivity index is 1.29. The van der Waals surface area contributed by atoms with Crippen molar-refractivity contribution in [3.8, 4) is 17.1 Å². The highest BCUT2D eigenvalue weighted by Gasteiger charge is 2.23. The van der Waals surface area contributed by atoms with Crippen molar-refractivity contribution in [3.63, 3.8) is 0 Å². The molecule has 166 valence electrons. The number of para-hydroxylation sites is 2. The highest BCUT2D eigenvalue weighted by molar-refractivity contribution is 7.98. The molecule has 0 bridgehead atoms. The van der Waals surface area contributed by atoms with Gasteiger partial charge in [0.2, 0.25) is 0 Å². The molecule has 1 aliphatic heterocycles. The van der Waals surface area contributed by atoms with E-state index in [2.05, 4.69) is 61.4 Å². The lowest BCUT2D eigenvalue weighted by Crippen LogP contribution is -2.16. The number of fused-ring (bicyclic) bond motifs is 1. The van der Waals surface area contributed by atoms with Gasteiger partial charge in [-0.1, -0.05) is 48.2 Å². The number of hydrogen-bond acceptors (Lipinski definition) is 5. The summed E-state index contributed by atoms with van der Waals surface area (Å²) in [6.45, 7) is 1.59. The fourth-order valence-electron chi connectivity index (χ4n) is 4.31. The third kappa shape index (κ3) is 4.07. The van der Waals surface area contributed by atoms with Crippen LogP contribution in [0.25, 0.3) is 28.0 Å². The number of hydrogen-bond donors (Lipinski definition) is 1. The maximum absolute atomic E-state index is 5.95. The summed E-state index contributed by atoms with van der Waals surface area (Å²) in [5.74, 6) is 1.65. The number of benzene rings is 2. The predicted molar refractivity (Wildman–Crippen MR) is 129 cm³/mol. The first-order valence-corrected chi connectivity index (χ1v) is 12.2. The van der Waals surface area contributed by atoms with Gasteiger partial charge in [-0.25, -0.2) is 4.68 Å². The van der Waals surface area contributed by atoms with Gasteiger partial charge in [0.05, 0.1) is 24.5 Å². The molecule has 0 saturated carbocycles. The van der Waals surface area contributed by atoms with Gasteiger partial charge in [0.25, 0.3) is 0 Å². The van der Waals surface area contributed by atoms with Gasteiger partial charge in [0.15, 0.2) is 11.0 Å². The molecule has 1 saturated heterocycles. The van der Waals surface area contributed by atoms with E-state index in [9.17, 15) is 0 Å². The highest BCUT2D eigenvalue weighted by Crippen LogP contribution is 2.32. The van der Waals surface area contributed by atoms with Gasteiger partial charge >= 0.3 is 0 Å². The van der Waals surface area contributed by atoms with Gasteiger partial charge in [-0.05, 0) is 31.0 Å². The first kappa shape index (κ1) is 20.3. The monoisotopic (exact) mass is 456 g/mol. The number of ether oxygens (including phenoxy) is 1. The van der Waals surface area contributed by atoms with E-state index in [1.165, 1.54) is 0 Å². The lowest BCUT2D eigenvalue weighted by atomic mass is 10.1. The molecule has 33 heavy (non-hydrogen) atoms. The van der Waals surface area contributed by atoms with Gasteiger partial charge in [-0.15, -0.1) is 10.2 Å². The molecule has 1 N–H and O–H groups in total. The molecule has 0 amide bonds. The van der Waals surface area contributed by atoms with E-state index >= 15 is 0 Å². The predicted octanol–water partition coefficient (Wildman–Crippen LogP) is 5.08. The molecule has 5 aromatic rings. The Kier molecular flexibility index (Phi) is 5.45. The SMILES string of the molecule is c1ccc(-n2cc(CSc3nnc(-c4c[nH]c5ccccc45)n3CC3CCCO3)cn2)cc1. The smallest absolute Gasteiger partial charge is 0.191 e. The highest BCUT2D eigenvalue weighted by atomic mass is 32.2. The van der Waals surface area contributed by atoms with Crippen LogP contribution in [0.5, 0.6) is 0 Å². The average molecular weight is 457 g/mol. The molecule has 4 heterocycles. The molecule has 1 unspecified atom stereocenters. The molecule has 7 nitrogen and oxygen atoms in total. The van der Waals surface area contributed by atoms with Gasteiger partial charge < -0.3 is 9.72 Å². The van der Waals surface area contributed by atoms with Crippen molar-refractivity contribution >= 4 is 22.7 Å². The first-order chi connectivity index (χ1) is 16.3. The van der Waals surface area contributed by atoms with Crippen LogP contribution >= 0.6 is 11.8 Å². The fraction of sp³-hybridized carbons (Fsp3) is 0.240. The molecule has 0 aliphatic carbocycles. The molecule has 6 rings (SSSR count). The van der Waals surface area contributed by atoms with Gasteiger partial charge in [0.1, 0.15) is 0 Å². The lowest BCUT2D eigenvalue weighted by Gasteiger charge is -2.14. The summed E-state index contributed by atoms with van der Waals surface area (Å²) in [6.07, 6.45) is 8.39. The molecule has 1 fully saturated rings.